The van der Waals surface area contributed by atoms with Gasteiger partial charge in [0.25, 0.3) is 0 Å². The first kappa shape index (κ1) is 14.4. The SMILES string of the molecule is C[C@@H]1CN(C(=O)Cn2c(=O)[nH]c3ccccc32)C[C@H]1C(=O)O. The number of benzene rings is 1. The number of carboxylic acids is 1. The highest BCUT2D eigenvalue weighted by Gasteiger charge is 2.36. The van der Waals surface area contributed by atoms with E-state index in [-0.39, 0.29) is 30.6 Å². The van der Waals surface area contributed by atoms with Crippen LogP contribution in [-0.4, -0.2) is 44.5 Å². The molecule has 7 heteroatoms. The van der Waals surface area contributed by atoms with Gasteiger partial charge in [0.05, 0.1) is 17.0 Å². The number of carbonyl (C=O) groups is 2. The molecule has 2 atom stereocenters. The molecular weight excluding hydrogens is 286 g/mol. The number of nitrogens with one attached hydrogen (secondary N) is 1. The number of rotatable bonds is 3. The van der Waals surface area contributed by atoms with Crippen molar-refractivity contribution in [3.8, 4) is 0 Å². The van der Waals surface area contributed by atoms with Crippen molar-refractivity contribution in [3.05, 3.63) is 34.7 Å². The fraction of sp³-hybridized carbons (Fsp3) is 0.400. The van der Waals surface area contributed by atoms with Gasteiger partial charge in [-0.3, -0.25) is 14.2 Å². The van der Waals surface area contributed by atoms with E-state index >= 15 is 0 Å². The van der Waals surface area contributed by atoms with E-state index in [2.05, 4.69) is 4.98 Å². The Morgan fingerprint density at radius 1 is 1.32 bits per heavy atom. The van der Waals surface area contributed by atoms with Crippen LogP contribution in [0.2, 0.25) is 0 Å². The predicted molar refractivity (Wildman–Crippen MR) is 79.4 cm³/mol. The van der Waals surface area contributed by atoms with Gasteiger partial charge in [0, 0.05) is 13.1 Å². The van der Waals surface area contributed by atoms with Gasteiger partial charge < -0.3 is 15.0 Å². The lowest BCUT2D eigenvalue weighted by Gasteiger charge is -2.16. The van der Waals surface area contributed by atoms with Gasteiger partial charge in [0.1, 0.15) is 6.54 Å². The van der Waals surface area contributed by atoms with E-state index in [0.29, 0.717) is 17.6 Å². The Labute approximate surface area is 126 Å². The molecule has 116 valence electrons. The van der Waals surface area contributed by atoms with Gasteiger partial charge in [-0.25, -0.2) is 4.79 Å². The molecule has 1 aromatic carbocycles. The Balaban J connectivity index is 1.81. The van der Waals surface area contributed by atoms with Crippen molar-refractivity contribution in [2.24, 2.45) is 11.8 Å². The molecule has 22 heavy (non-hydrogen) atoms. The molecule has 0 unspecified atom stereocenters. The summed E-state index contributed by atoms with van der Waals surface area (Å²) in [6.07, 6.45) is 0. The van der Waals surface area contributed by atoms with Crippen molar-refractivity contribution in [1.82, 2.24) is 14.5 Å². The van der Waals surface area contributed by atoms with Crippen molar-refractivity contribution >= 4 is 22.9 Å². The van der Waals surface area contributed by atoms with Crippen LogP contribution in [-0.2, 0) is 16.1 Å². The molecule has 1 aromatic heterocycles. The molecule has 1 amide bonds. The number of amides is 1. The molecule has 2 N–H and O–H groups in total. The molecule has 0 bridgehead atoms. The summed E-state index contributed by atoms with van der Waals surface area (Å²) in [4.78, 5) is 39.7. The highest BCUT2D eigenvalue weighted by atomic mass is 16.4. The van der Waals surface area contributed by atoms with Crippen molar-refractivity contribution in [2.75, 3.05) is 13.1 Å². The molecule has 3 rings (SSSR count). The van der Waals surface area contributed by atoms with E-state index in [0.717, 1.165) is 0 Å². The third kappa shape index (κ3) is 2.38. The first-order valence-electron chi connectivity index (χ1n) is 7.15. The molecule has 7 nitrogen and oxygen atoms in total. The maximum atomic E-state index is 12.4. The van der Waals surface area contributed by atoms with Crippen molar-refractivity contribution in [2.45, 2.75) is 13.5 Å². The third-order valence-electron chi connectivity index (χ3n) is 4.26. The van der Waals surface area contributed by atoms with Gasteiger partial charge in [-0.1, -0.05) is 19.1 Å². The summed E-state index contributed by atoms with van der Waals surface area (Å²) in [6, 6.07) is 7.16. The molecule has 2 heterocycles. The number of H-pyrrole nitrogens is 1. The van der Waals surface area contributed by atoms with Crippen molar-refractivity contribution < 1.29 is 14.7 Å². The zero-order chi connectivity index (χ0) is 15.9. The normalized spacial score (nSPS) is 21.4. The lowest BCUT2D eigenvalue weighted by Crippen LogP contribution is -2.35. The van der Waals surface area contributed by atoms with Gasteiger partial charge in [0.15, 0.2) is 0 Å². The van der Waals surface area contributed by atoms with Crippen LogP contribution in [0.25, 0.3) is 11.0 Å². The summed E-state index contributed by atoms with van der Waals surface area (Å²) in [6.45, 7) is 2.35. The molecular formula is C15H17N3O4. The average molecular weight is 303 g/mol. The van der Waals surface area contributed by atoms with E-state index in [1.165, 1.54) is 9.47 Å². The number of likely N-dealkylation sites (tertiary alicyclic amines) is 1. The second-order valence-corrected chi connectivity index (χ2v) is 5.75. The summed E-state index contributed by atoms with van der Waals surface area (Å²) in [5.41, 5.74) is 1.01. The highest BCUT2D eigenvalue weighted by molar-refractivity contribution is 5.81. The molecule has 0 radical (unpaired) electrons. The van der Waals surface area contributed by atoms with Crippen LogP contribution in [0.1, 0.15) is 6.92 Å². The standard InChI is InChI=1S/C15H17N3O4/c1-9-6-17(7-10(9)14(20)21)13(19)8-18-12-5-3-2-4-11(12)16-15(18)22/h2-5,9-10H,6-8H2,1H3,(H,16,22)(H,20,21)/t9-,10-/m1/s1. The van der Waals surface area contributed by atoms with Crippen LogP contribution in [0.5, 0.6) is 0 Å². The number of carbonyl (C=O) groups excluding carboxylic acids is 1. The fourth-order valence-corrected chi connectivity index (χ4v) is 2.99. The molecule has 1 aliphatic rings. The maximum absolute atomic E-state index is 12.4. The van der Waals surface area contributed by atoms with Crippen molar-refractivity contribution in [3.63, 3.8) is 0 Å². The predicted octanol–water partition coefficient (Wildman–Crippen LogP) is 0.509. The number of fused-ring (bicyclic) bond motifs is 1. The molecule has 1 aliphatic heterocycles. The molecule has 0 spiro atoms. The summed E-state index contributed by atoms with van der Waals surface area (Å²) < 4.78 is 1.39. The highest BCUT2D eigenvalue weighted by Crippen LogP contribution is 2.23. The Bertz CT molecular complexity index is 791. The number of nitrogens with zero attached hydrogens (tertiary/aromatic N) is 2. The largest absolute Gasteiger partial charge is 0.481 e. The summed E-state index contributed by atoms with van der Waals surface area (Å²) in [7, 11) is 0. The van der Waals surface area contributed by atoms with Gasteiger partial charge in [0.2, 0.25) is 5.91 Å². The lowest BCUT2D eigenvalue weighted by atomic mass is 9.99. The van der Waals surface area contributed by atoms with Crippen LogP contribution in [0.4, 0.5) is 0 Å². The third-order valence-corrected chi connectivity index (χ3v) is 4.26. The zero-order valence-corrected chi connectivity index (χ0v) is 12.2. The number of aromatic nitrogens is 2. The maximum Gasteiger partial charge on any atom is 0.326 e. The smallest absolute Gasteiger partial charge is 0.326 e. The van der Waals surface area contributed by atoms with Crippen LogP contribution in [0.3, 0.4) is 0 Å². The van der Waals surface area contributed by atoms with E-state index in [1.807, 2.05) is 13.0 Å². The minimum absolute atomic E-state index is 0.0814. The first-order valence-corrected chi connectivity index (χ1v) is 7.15. The Hall–Kier alpha value is -2.57. The topological polar surface area (TPSA) is 95.4 Å². The number of aromatic amines is 1. The number of hydrogen-bond donors (Lipinski definition) is 2. The van der Waals surface area contributed by atoms with Gasteiger partial charge >= 0.3 is 11.7 Å². The van der Waals surface area contributed by atoms with Gasteiger partial charge in [-0.05, 0) is 18.1 Å². The van der Waals surface area contributed by atoms with Crippen LogP contribution in [0.15, 0.2) is 29.1 Å². The summed E-state index contributed by atoms with van der Waals surface area (Å²) in [5.74, 6) is -1.74. The van der Waals surface area contributed by atoms with Gasteiger partial charge in [-0.15, -0.1) is 0 Å². The van der Waals surface area contributed by atoms with E-state index in [4.69, 9.17) is 5.11 Å². The fourth-order valence-electron chi connectivity index (χ4n) is 2.99. The molecule has 1 saturated heterocycles. The monoisotopic (exact) mass is 303 g/mol. The van der Waals surface area contributed by atoms with Crippen LogP contribution >= 0.6 is 0 Å². The van der Waals surface area contributed by atoms with E-state index in [9.17, 15) is 14.4 Å². The Kier molecular flexibility index (Phi) is 3.48. The second kappa shape index (κ2) is 5.32. The number of imidazole rings is 1. The second-order valence-electron chi connectivity index (χ2n) is 5.75. The lowest BCUT2D eigenvalue weighted by molar-refractivity contribution is -0.142. The average Bonchev–Trinajstić information content (AvgIpc) is 3.00. The van der Waals surface area contributed by atoms with Crippen molar-refractivity contribution in [1.29, 1.82) is 0 Å². The van der Waals surface area contributed by atoms with Crippen LogP contribution in [0, 0.1) is 11.8 Å². The van der Waals surface area contributed by atoms with Crippen LogP contribution < -0.4 is 5.69 Å². The minimum atomic E-state index is -0.882. The van der Waals surface area contributed by atoms with E-state index < -0.39 is 11.9 Å². The first-order chi connectivity index (χ1) is 10.5. The molecule has 2 aromatic rings. The Morgan fingerprint density at radius 2 is 2.05 bits per heavy atom. The minimum Gasteiger partial charge on any atom is -0.481 e. The van der Waals surface area contributed by atoms with Gasteiger partial charge in [-0.2, -0.15) is 0 Å². The number of para-hydroxylation sites is 2. The summed E-state index contributed by atoms with van der Waals surface area (Å²) >= 11 is 0. The quantitative estimate of drug-likeness (QED) is 0.863. The Morgan fingerprint density at radius 3 is 2.73 bits per heavy atom. The zero-order valence-electron chi connectivity index (χ0n) is 12.2. The number of aliphatic carboxylic acids is 1. The number of carboxylic acid groups (broad SMARTS) is 1. The molecule has 0 aliphatic carbocycles. The number of hydrogen-bond acceptors (Lipinski definition) is 3. The molecule has 0 saturated carbocycles. The summed E-state index contributed by atoms with van der Waals surface area (Å²) in [5, 5.41) is 9.13. The van der Waals surface area contributed by atoms with E-state index in [1.54, 1.807) is 18.2 Å². The molecule has 1 fully saturated rings.